The van der Waals surface area contributed by atoms with Gasteiger partial charge in [-0.3, -0.25) is 4.79 Å². The molecule has 1 aliphatic carbocycles. The molecule has 1 saturated carbocycles. The van der Waals surface area contributed by atoms with E-state index in [9.17, 15) is 9.59 Å². The summed E-state index contributed by atoms with van der Waals surface area (Å²) >= 11 is 1.86. The van der Waals surface area contributed by atoms with Crippen molar-refractivity contribution in [3.8, 4) is 0 Å². The Morgan fingerprint density at radius 1 is 1.40 bits per heavy atom. The van der Waals surface area contributed by atoms with Crippen LogP contribution in [-0.2, 0) is 14.3 Å². The van der Waals surface area contributed by atoms with Crippen LogP contribution in [-0.4, -0.2) is 48.6 Å². The van der Waals surface area contributed by atoms with Gasteiger partial charge in [0.25, 0.3) is 0 Å². The second-order valence-electron chi connectivity index (χ2n) is 5.26. The van der Waals surface area contributed by atoms with Crippen molar-refractivity contribution in [1.82, 2.24) is 10.6 Å². The predicted octanol–water partition coefficient (Wildman–Crippen LogP) is 1.11. The van der Waals surface area contributed by atoms with Crippen molar-refractivity contribution in [3.63, 3.8) is 0 Å². The summed E-state index contributed by atoms with van der Waals surface area (Å²) < 4.78 is 4.85. The van der Waals surface area contributed by atoms with Gasteiger partial charge in [-0.05, 0) is 12.8 Å². The molecule has 1 atom stereocenters. The van der Waals surface area contributed by atoms with Crippen LogP contribution < -0.4 is 10.6 Å². The monoisotopic (exact) mass is 322 g/mol. The van der Waals surface area contributed by atoms with E-state index in [1.807, 2.05) is 11.8 Å². The van der Waals surface area contributed by atoms with Crippen molar-refractivity contribution in [2.75, 3.05) is 25.2 Å². The molecule has 1 saturated heterocycles. The minimum atomic E-state index is -0.770. The Morgan fingerprint density at radius 2 is 2.10 bits per heavy atom. The standard InChI is InChI=1S/C13H22N2O3S.ClH/c1-18-12(17)13(4-2-3-5-13)15-11(16)8-10-9-19-7-6-14-10;/h10,14H,2-9H2,1H3,(H,15,16);1H. The largest absolute Gasteiger partial charge is 0.467 e. The number of nitrogens with one attached hydrogen (secondary N) is 2. The third kappa shape index (κ3) is 4.27. The summed E-state index contributed by atoms with van der Waals surface area (Å²) in [6.07, 6.45) is 3.75. The van der Waals surface area contributed by atoms with Gasteiger partial charge in [-0.25, -0.2) is 4.79 Å². The fourth-order valence-corrected chi connectivity index (χ4v) is 3.80. The SMILES string of the molecule is COC(=O)C1(NC(=O)CC2CSCCN2)CCCC1.Cl. The van der Waals surface area contributed by atoms with E-state index in [2.05, 4.69) is 10.6 Å². The minimum Gasteiger partial charge on any atom is -0.467 e. The first-order chi connectivity index (χ1) is 9.16. The number of ether oxygens (including phenoxy) is 1. The molecule has 7 heteroatoms. The van der Waals surface area contributed by atoms with E-state index in [-0.39, 0.29) is 30.3 Å². The molecule has 0 aromatic heterocycles. The minimum absolute atomic E-state index is 0. The maximum atomic E-state index is 12.1. The van der Waals surface area contributed by atoms with Gasteiger partial charge in [0.1, 0.15) is 5.54 Å². The molecular weight excluding hydrogens is 300 g/mol. The summed E-state index contributed by atoms with van der Waals surface area (Å²) in [5, 5.41) is 6.26. The molecule has 1 amide bonds. The molecule has 2 rings (SSSR count). The molecule has 2 fully saturated rings. The van der Waals surface area contributed by atoms with Crippen molar-refractivity contribution in [3.05, 3.63) is 0 Å². The molecule has 0 radical (unpaired) electrons. The number of hydrogen-bond acceptors (Lipinski definition) is 5. The first-order valence-corrected chi connectivity index (χ1v) is 8.02. The van der Waals surface area contributed by atoms with Crippen molar-refractivity contribution in [2.24, 2.45) is 0 Å². The molecular formula is C13H23ClN2O3S. The number of esters is 1. The van der Waals surface area contributed by atoms with Crippen LogP contribution in [0, 0.1) is 0 Å². The second kappa shape index (κ2) is 8.10. The highest BCUT2D eigenvalue weighted by molar-refractivity contribution is 7.99. The Labute approximate surface area is 130 Å². The van der Waals surface area contributed by atoms with Crippen LogP contribution >= 0.6 is 24.2 Å². The van der Waals surface area contributed by atoms with E-state index in [4.69, 9.17) is 4.74 Å². The predicted molar refractivity (Wildman–Crippen MR) is 82.3 cm³/mol. The van der Waals surface area contributed by atoms with Crippen LogP contribution in [0.2, 0.25) is 0 Å². The van der Waals surface area contributed by atoms with E-state index in [1.54, 1.807) is 0 Å². The smallest absolute Gasteiger partial charge is 0.331 e. The summed E-state index contributed by atoms with van der Waals surface area (Å²) in [5.41, 5.74) is -0.770. The molecule has 116 valence electrons. The summed E-state index contributed by atoms with van der Waals surface area (Å²) in [5.74, 6) is 1.71. The number of carbonyl (C=O) groups is 2. The van der Waals surface area contributed by atoms with E-state index < -0.39 is 5.54 Å². The number of amides is 1. The normalized spacial score (nSPS) is 24.6. The Balaban J connectivity index is 0.00000200. The van der Waals surface area contributed by atoms with Crippen LogP contribution in [0.4, 0.5) is 0 Å². The van der Waals surface area contributed by atoms with Gasteiger partial charge < -0.3 is 15.4 Å². The average molecular weight is 323 g/mol. The van der Waals surface area contributed by atoms with Crippen LogP contribution in [0.5, 0.6) is 0 Å². The fraction of sp³-hybridized carbons (Fsp3) is 0.846. The second-order valence-corrected chi connectivity index (χ2v) is 6.41. The first-order valence-electron chi connectivity index (χ1n) is 6.87. The molecule has 1 aliphatic heterocycles. The van der Waals surface area contributed by atoms with Crippen molar-refractivity contribution < 1.29 is 14.3 Å². The lowest BCUT2D eigenvalue weighted by molar-refractivity contribution is -0.150. The first kappa shape index (κ1) is 17.6. The molecule has 2 aliphatic rings. The number of carbonyl (C=O) groups excluding carboxylic acids is 2. The maximum absolute atomic E-state index is 12.1. The van der Waals surface area contributed by atoms with E-state index in [0.29, 0.717) is 19.3 Å². The van der Waals surface area contributed by atoms with Gasteiger partial charge in [-0.15, -0.1) is 12.4 Å². The lowest BCUT2D eigenvalue weighted by Crippen LogP contribution is -2.54. The van der Waals surface area contributed by atoms with Gasteiger partial charge in [0, 0.05) is 30.5 Å². The Kier molecular flexibility index (Phi) is 7.12. The summed E-state index contributed by atoms with van der Waals surface area (Å²) in [4.78, 5) is 24.0. The van der Waals surface area contributed by atoms with Crippen LogP contribution in [0.25, 0.3) is 0 Å². The summed E-state index contributed by atoms with van der Waals surface area (Å²) in [6, 6.07) is 0.217. The third-order valence-electron chi connectivity index (χ3n) is 3.84. The van der Waals surface area contributed by atoms with E-state index >= 15 is 0 Å². The number of rotatable bonds is 4. The van der Waals surface area contributed by atoms with E-state index in [1.165, 1.54) is 7.11 Å². The molecule has 0 spiro atoms. The zero-order valence-electron chi connectivity index (χ0n) is 11.8. The van der Waals surface area contributed by atoms with Gasteiger partial charge in [-0.1, -0.05) is 12.8 Å². The van der Waals surface area contributed by atoms with E-state index in [0.717, 1.165) is 30.9 Å². The molecule has 1 unspecified atom stereocenters. The van der Waals surface area contributed by atoms with Crippen LogP contribution in [0.15, 0.2) is 0 Å². The highest BCUT2D eigenvalue weighted by atomic mass is 35.5. The number of halogens is 1. The summed E-state index contributed by atoms with van der Waals surface area (Å²) in [6.45, 7) is 0.949. The number of thioether (sulfide) groups is 1. The highest BCUT2D eigenvalue weighted by Gasteiger charge is 2.43. The van der Waals surface area contributed by atoms with Crippen molar-refractivity contribution in [1.29, 1.82) is 0 Å². The Bertz CT molecular complexity index is 343. The van der Waals surface area contributed by atoms with Gasteiger partial charge in [0.15, 0.2) is 0 Å². The molecule has 2 N–H and O–H groups in total. The number of methoxy groups -OCH3 is 1. The Morgan fingerprint density at radius 3 is 2.65 bits per heavy atom. The molecule has 0 aromatic carbocycles. The zero-order chi connectivity index (χ0) is 13.7. The fourth-order valence-electron chi connectivity index (χ4n) is 2.85. The molecule has 0 bridgehead atoms. The van der Waals surface area contributed by atoms with Gasteiger partial charge >= 0.3 is 5.97 Å². The Hall–Kier alpha value is -0.460. The molecule has 0 aromatic rings. The van der Waals surface area contributed by atoms with Crippen LogP contribution in [0.1, 0.15) is 32.1 Å². The topological polar surface area (TPSA) is 67.4 Å². The third-order valence-corrected chi connectivity index (χ3v) is 4.97. The highest BCUT2D eigenvalue weighted by Crippen LogP contribution is 2.31. The average Bonchev–Trinajstić information content (AvgIpc) is 2.88. The van der Waals surface area contributed by atoms with Crippen LogP contribution in [0.3, 0.4) is 0 Å². The zero-order valence-corrected chi connectivity index (χ0v) is 13.4. The number of hydrogen-bond donors (Lipinski definition) is 2. The van der Waals surface area contributed by atoms with Gasteiger partial charge in [-0.2, -0.15) is 11.8 Å². The molecule has 5 nitrogen and oxygen atoms in total. The van der Waals surface area contributed by atoms with Gasteiger partial charge in [0.2, 0.25) is 5.91 Å². The quantitative estimate of drug-likeness (QED) is 0.759. The lowest BCUT2D eigenvalue weighted by atomic mass is 9.97. The van der Waals surface area contributed by atoms with Crippen molar-refractivity contribution >= 4 is 36.0 Å². The van der Waals surface area contributed by atoms with Crippen molar-refractivity contribution in [2.45, 2.75) is 43.7 Å². The molecule has 1 heterocycles. The summed E-state index contributed by atoms with van der Waals surface area (Å²) in [7, 11) is 1.38. The van der Waals surface area contributed by atoms with Gasteiger partial charge in [0.05, 0.1) is 7.11 Å². The lowest BCUT2D eigenvalue weighted by Gasteiger charge is -2.29. The maximum Gasteiger partial charge on any atom is 0.331 e. The molecule has 20 heavy (non-hydrogen) atoms.